The topological polar surface area (TPSA) is 146 Å². The third-order valence-corrected chi connectivity index (χ3v) is 5.25. The first kappa shape index (κ1) is 22.9. The molecule has 0 aliphatic carbocycles. The number of aliphatic carboxylic acids is 1. The first-order valence-electron chi connectivity index (χ1n) is 9.60. The lowest BCUT2D eigenvalue weighted by Gasteiger charge is -2.20. The molecule has 2 aromatic rings. The van der Waals surface area contributed by atoms with E-state index in [1.807, 2.05) is 6.92 Å². The smallest absolute Gasteiger partial charge is 0.340 e. The fourth-order valence-corrected chi connectivity index (χ4v) is 3.09. The van der Waals surface area contributed by atoms with Gasteiger partial charge in [0, 0.05) is 10.9 Å². The summed E-state index contributed by atoms with van der Waals surface area (Å²) in [5, 5.41) is 24.4. The van der Waals surface area contributed by atoms with Crippen LogP contribution in [0.1, 0.15) is 37.0 Å². The van der Waals surface area contributed by atoms with Crippen LogP contribution in [-0.2, 0) is 20.8 Å². The highest BCUT2D eigenvalue weighted by Crippen LogP contribution is 2.28. The van der Waals surface area contributed by atoms with Crippen molar-refractivity contribution in [2.45, 2.75) is 46.6 Å². The molecule has 2 rings (SSSR count). The van der Waals surface area contributed by atoms with Crippen molar-refractivity contribution >= 4 is 28.8 Å². The van der Waals surface area contributed by atoms with Gasteiger partial charge in [0.1, 0.15) is 17.4 Å². The maximum atomic E-state index is 12.3. The highest BCUT2D eigenvalue weighted by Gasteiger charge is 2.25. The number of fused-ring (bicyclic) bond motifs is 1. The number of hydrogen-bond acceptors (Lipinski definition) is 6. The lowest BCUT2D eigenvalue weighted by molar-refractivity contribution is -0.143. The van der Waals surface area contributed by atoms with Crippen molar-refractivity contribution in [3.8, 4) is 5.75 Å². The van der Waals surface area contributed by atoms with E-state index < -0.39 is 36.0 Å². The van der Waals surface area contributed by atoms with Crippen LogP contribution in [0.25, 0.3) is 11.0 Å². The Kier molecular flexibility index (Phi) is 7.20. The van der Waals surface area contributed by atoms with E-state index in [4.69, 9.17) is 4.42 Å². The first-order valence-corrected chi connectivity index (χ1v) is 9.60. The van der Waals surface area contributed by atoms with Crippen LogP contribution in [-0.4, -0.2) is 40.6 Å². The van der Waals surface area contributed by atoms with Gasteiger partial charge in [0.15, 0.2) is 0 Å². The maximum absolute atomic E-state index is 12.3. The average molecular weight is 418 g/mol. The lowest BCUT2D eigenvalue weighted by Crippen LogP contribution is -2.48. The Balaban J connectivity index is 2.09. The molecular formula is C21H26N2O7. The minimum absolute atomic E-state index is 0.00129. The number of amides is 2. The minimum atomic E-state index is -1.14. The molecule has 9 heteroatoms. The van der Waals surface area contributed by atoms with Gasteiger partial charge in [-0.1, -0.05) is 20.3 Å². The van der Waals surface area contributed by atoms with Crippen molar-refractivity contribution in [3.05, 3.63) is 39.2 Å². The van der Waals surface area contributed by atoms with Crippen LogP contribution >= 0.6 is 0 Å². The van der Waals surface area contributed by atoms with Gasteiger partial charge in [-0.3, -0.25) is 9.59 Å². The average Bonchev–Trinajstić information content (AvgIpc) is 2.70. The number of aromatic hydroxyl groups is 1. The van der Waals surface area contributed by atoms with E-state index in [9.17, 15) is 29.4 Å². The number of phenolic OH excluding ortho intramolecular Hbond substituents is 1. The second kappa shape index (κ2) is 9.43. The van der Waals surface area contributed by atoms with Gasteiger partial charge in [0.25, 0.3) is 0 Å². The highest BCUT2D eigenvalue weighted by atomic mass is 16.4. The number of carboxylic acid groups (broad SMARTS) is 1. The highest BCUT2D eigenvalue weighted by molar-refractivity contribution is 5.90. The van der Waals surface area contributed by atoms with E-state index >= 15 is 0 Å². The summed E-state index contributed by atoms with van der Waals surface area (Å²) in [6, 6.07) is 2.04. The molecule has 1 aromatic carbocycles. The molecular weight excluding hydrogens is 392 g/mol. The van der Waals surface area contributed by atoms with Crippen LogP contribution < -0.4 is 16.3 Å². The molecule has 0 aliphatic heterocycles. The van der Waals surface area contributed by atoms with E-state index in [0.717, 1.165) is 0 Å². The van der Waals surface area contributed by atoms with Gasteiger partial charge in [0.05, 0.1) is 18.5 Å². The minimum Gasteiger partial charge on any atom is -0.508 e. The van der Waals surface area contributed by atoms with Crippen molar-refractivity contribution in [1.82, 2.24) is 10.6 Å². The normalized spacial score (nSPS) is 12.9. The molecule has 0 fully saturated rings. The monoisotopic (exact) mass is 418 g/mol. The van der Waals surface area contributed by atoms with Crippen molar-refractivity contribution < 1.29 is 29.0 Å². The second-order valence-corrected chi connectivity index (χ2v) is 7.30. The number of rotatable bonds is 8. The molecule has 0 aliphatic rings. The SMILES string of the molecule is CCC(C)C(NC(=O)CNC(=O)Cc1c(C)c2ccc(O)c(C)c2oc1=O)C(=O)O. The summed E-state index contributed by atoms with van der Waals surface area (Å²) in [7, 11) is 0. The van der Waals surface area contributed by atoms with E-state index in [-0.39, 0.29) is 29.2 Å². The van der Waals surface area contributed by atoms with Crippen LogP contribution in [0.15, 0.2) is 21.3 Å². The van der Waals surface area contributed by atoms with Crippen molar-refractivity contribution in [2.75, 3.05) is 6.54 Å². The molecule has 2 amide bonds. The number of benzene rings is 1. The van der Waals surface area contributed by atoms with Gasteiger partial charge in [-0.25, -0.2) is 9.59 Å². The standard InChI is InChI=1S/C21H26N2O7/c1-5-10(2)18(20(27)28)23-17(26)9-22-16(25)8-14-11(3)13-6-7-15(24)12(4)19(13)30-21(14)29/h6-7,10,18,24H,5,8-9H2,1-4H3,(H,22,25)(H,23,26)(H,27,28). The third-order valence-electron chi connectivity index (χ3n) is 5.25. The molecule has 4 N–H and O–H groups in total. The van der Waals surface area contributed by atoms with Crippen LogP contribution in [0.2, 0.25) is 0 Å². The van der Waals surface area contributed by atoms with Crippen LogP contribution in [0.3, 0.4) is 0 Å². The number of nitrogens with one attached hydrogen (secondary N) is 2. The van der Waals surface area contributed by atoms with Gasteiger partial charge in [-0.2, -0.15) is 0 Å². The molecule has 0 bridgehead atoms. The van der Waals surface area contributed by atoms with Crippen LogP contribution in [0, 0.1) is 19.8 Å². The lowest BCUT2D eigenvalue weighted by atomic mass is 9.99. The molecule has 2 unspecified atom stereocenters. The van der Waals surface area contributed by atoms with Gasteiger partial charge >= 0.3 is 11.6 Å². The fraction of sp³-hybridized carbons (Fsp3) is 0.429. The Morgan fingerprint density at radius 1 is 1.13 bits per heavy atom. The van der Waals surface area contributed by atoms with Gasteiger partial charge in [0.2, 0.25) is 11.8 Å². The van der Waals surface area contributed by atoms with E-state index in [1.165, 1.54) is 6.07 Å². The summed E-state index contributed by atoms with van der Waals surface area (Å²) < 4.78 is 5.29. The predicted molar refractivity (Wildman–Crippen MR) is 109 cm³/mol. The maximum Gasteiger partial charge on any atom is 0.340 e. The summed E-state index contributed by atoms with van der Waals surface area (Å²) in [6.45, 7) is 6.41. The zero-order valence-corrected chi connectivity index (χ0v) is 17.4. The summed E-state index contributed by atoms with van der Waals surface area (Å²) in [4.78, 5) is 47.9. The number of hydrogen-bond donors (Lipinski definition) is 4. The zero-order valence-electron chi connectivity index (χ0n) is 17.4. The Bertz CT molecular complexity index is 1040. The fourth-order valence-electron chi connectivity index (χ4n) is 3.09. The predicted octanol–water partition coefficient (Wildman–Crippen LogP) is 1.39. The van der Waals surface area contributed by atoms with Gasteiger partial charge in [-0.05, 0) is 37.5 Å². The van der Waals surface area contributed by atoms with Crippen LogP contribution in [0.4, 0.5) is 0 Å². The summed E-state index contributed by atoms with van der Waals surface area (Å²) in [5.41, 5.74) is 0.677. The molecule has 0 saturated heterocycles. The van der Waals surface area contributed by atoms with E-state index in [2.05, 4.69) is 10.6 Å². The van der Waals surface area contributed by atoms with Gasteiger partial charge in [-0.15, -0.1) is 0 Å². The Hall–Kier alpha value is -3.36. The number of carbonyl (C=O) groups is 3. The summed E-state index contributed by atoms with van der Waals surface area (Å²) >= 11 is 0. The number of phenols is 1. The summed E-state index contributed by atoms with van der Waals surface area (Å²) in [5.74, 6) is -2.63. The van der Waals surface area contributed by atoms with Crippen molar-refractivity contribution in [2.24, 2.45) is 5.92 Å². The largest absolute Gasteiger partial charge is 0.508 e. The number of aryl methyl sites for hydroxylation is 2. The molecule has 1 aromatic heterocycles. The third kappa shape index (κ3) is 4.97. The Labute approximate surface area is 173 Å². The van der Waals surface area contributed by atoms with Crippen LogP contribution in [0.5, 0.6) is 5.75 Å². The molecule has 1 heterocycles. The molecule has 162 valence electrons. The quantitative estimate of drug-likeness (QED) is 0.474. The second-order valence-electron chi connectivity index (χ2n) is 7.30. The van der Waals surface area contributed by atoms with Gasteiger partial charge < -0.3 is 25.3 Å². The summed E-state index contributed by atoms with van der Waals surface area (Å²) in [6.07, 6.45) is 0.267. The number of carbonyl (C=O) groups excluding carboxylic acids is 2. The molecule has 2 atom stereocenters. The number of carboxylic acids is 1. The van der Waals surface area contributed by atoms with Crippen molar-refractivity contribution in [3.63, 3.8) is 0 Å². The molecule has 0 saturated carbocycles. The first-order chi connectivity index (χ1) is 14.1. The molecule has 0 radical (unpaired) electrons. The molecule has 0 spiro atoms. The Morgan fingerprint density at radius 3 is 2.40 bits per heavy atom. The van der Waals surface area contributed by atoms with E-state index in [0.29, 0.717) is 22.9 Å². The van der Waals surface area contributed by atoms with Crippen molar-refractivity contribution in [1.29, 1.82) is 0 Å². The molecule has 30 heavy (non-hydrogen) atoms. The van der Waals surface area contributed by atoms with E-state index in [1.54, 1.807) is 26.8 Å². The molecule has 9 nitrogen and oxygen atoms in total. The zero-order chi connectivity index (χ0) is 22.6. The Morgan fingerprint density at radius 2 is 1.80 bits per heavy atom.